The number of hydrogen-bond donors (Lipinski definition) is 2. The van der Waals surface area contributed by atoms with Crippen LogP contribution in [0, 0.1) is 0 Å². The molecule has 1 heterocycles. The van der Waals surface area contributed by atoms with E-state index in [1.807, 2.05) is 27.7 Å². The smallest absolute Gasteiger partial charge is 0.240 e. The summed E-state index contributed by atoms with van der Waals surface area (Å²) in [6.07, 6.45) is 1.98. The Kier molecular flexibility index (Phi) is 4.33. The van der Waals surface area contributed by atoms with Crippen LogP contribution in [-0.2, 0) is 9.53 Å². The molecule has 0 aromatic heterocycles. The predicted molar refractivity (Wildman–Crippen MR) is 64.4 cm³/mol. The van der Waals surface area contributed by atoms with E-state index in [-0.39, 0.29) is 17.0 Å². The maximum atomic E-state index is 12.0. The van der Waals surface area contributed by atoms with Gasteiger partial charge >= 0.3 is 0 Å². The molecule has 16 heavy (non-hydrogen) atoms. The number of carbonyl (C=O) groups excluding carboxylic acids is 1. The van der Waals surface area contributed by atoms with E-state index in [1.165, 1.54) is 0 Å². The molecule has 0 aromatic rings. The maximum Gasteiger partial charge on any atom is 0.240 e. The quantitative estimate of drug-likeness (QED) is 0.740. The number of ether oxygens (including phenoxy) is 1. The van der Waals surface area contributed by atoms with Crippen LogP contribution in [0.5, 0.6) is 0 Å². The van der Waals surface area contributed by atoms with Crippen molar-refractivity contribution in [2.45, 2.75) is 51.7 Å². The maximum absolute atomic E-state index is 12.0. The zero-order valence-corrected chi connectivity index (χ0v) is 10.9. The van der Waals surface area contributed by atoms with Gasteiger partial charge in [0.1, 0.15) is 0 Å². The molecule has 4 heteroatoms. The largest absolute Gasteiger partial charge is 0.374 e. The number of hydrogen-bond acceptors (Lipinski definition) is 3. The highest BCUT2D eigenvalue weighted by Crippen LogP contribution is 2.18. The van der Waals surface area contributed by atoms with Gasteiger partial charge in [0.15, 0.2) is 0 Å². The van der Waals surface area contributed by atoms with Gasteiger partial charge in [-0.3, -0.25) is 4.79 Å². The predicted octanol–water partition coefficient (Wildman–Crippen LogP) is 1.06. The molecule has 1 unspecified atom stereocenters. The second-order valence-electron chi connectivity index (χ2n) is 5.24. The molecule has 1 rings (SSSR count). The van der Waals surface area contributed by atoms with Crippen LogP contribution < -0.4 is 10.6 Å². The second-order valence-corrected chi connectivity index (χ2v) is 5.24. The summed E-state index contributed by atoms with van der Waals surface area (Å²) < 4.78 is 5.54. The van der Waals surface area contributed by atoms with Crippen molar-refractivity contribution in [1.29, 1.82) is 0 Å². The Morgan fingerprint density at radius 3 is 2.75 bits per heavy atom. The molecule has 1 saturated heterocycles. The zero-order valence-electron chi connectivity index (χ0n) is 10.9. The lowest BCUT2D eigenvalue weighted by Crippen LogP contribution is -2.54. The van der Waals surface area contributed by atoms with Gasteiger partial charge in [-0.25, -0.2) is 0 Å². The van der Waals surface area contributed by atoms with Crippen LogP contribution in [0.4, 0.5) is 0 Å². The van der Waals surface area contributed by atoms with E-state index < -0.39 is 0 Å². The van der Waals surface area contributed by atoms with E-state index in [9.17, 15) is 4.79 Å². The van der Waals surface area contributed by atoms with Gasteiger partial charge in [-0.15, -0.1) is 0 Å². The highest BCUT2D eigenvalue weighted by molar-refractivity contribution is 5.86. The van der Waals surface area contributed by atoms with E-state index in [0.29, 0.717) is 13.2 Å². The van der Waals surface area contributed by atoms with Crippen LogP contribution in [0.1, 0.15) is 40.5 Å². The van der Waals surface area contributed by atoms with Crippen molar-refractivity contribution < 1.29 is 9.53 Å². The topological polar surface area (TPSA) is 50.4 Å². The summed E-state index contributed by atoms with van der Waals surface area (Å²) in [4.78, 5) is 12.0. The minimum Gasteiger partial charge on any atom is -0.374 e. The van der Waals surface area contributed by atoms with E-state index in [0.717, 1.165) is 19.4 Å². The molecule has 1 atom stereocenters. The number of amides is 1. The van der Waals surface area contributed by atoms with Gasteiger partial charge in [0.25, 0.3) is 0 Å². The molecular weight excluding hydrogens is 204 g/mol. The fraction of sp³-hybridized carbons (Fsp3) is 0.917. The monoisotopic (exact) mass is 228 g/mol. The average molecular weight is 228 g/mol. The molecule has 1 amide bonds. The van der Waals surface area contributed by atoms with Gasteiger partial charge in [0.2, 0.25) is 5.91 Å². The number of carbonyl (C=O) groups is 1. The van der Waals surface area contributed by atoms with Crippen LogP contribution in [0.3, 0.4) is 0 Å². The highest BCUT2D eigenvalue weighted by Gasteiger charge is 2.36. The van der Waals surface area contributed by atoms with E-state index in [2.05, 4.69) is 10.6 Å². The summed E-state index contributed by atoms with van der Waals surface area (Å²) in [6.45, 7) is 10.0. The van der Waals surface area contributed by atoms with E-state index >= 15 is 0 Å². The van der Waals surface area contributed by atoms with Crippen molar-refractivity contribution in [3.05, 3.63) is 0 Å². The van der Waals surface area contributed by atoms with Crippen molar-refractivity contribution in [2.75, 3.05) is 19.7 Å². The summed E-state index contributed by atoms with van der Waals surface area (Å²) in [5.74, 6) is 0.0813. The lowest BCUT2D eigenvalue weighted by Gasteiger charge is -2.28. The second kappa shape index (κ2) is 5.15. The normalized spacial score (nSPS) is 25.8. The Labute approximate surface area is 98.1 Å². The molecule has 0 aromatic carbocycles. The molecule has 4 nitrogen and oxygen atoms in total. The Morgan fingerprint density at radius 2 is 2.25 bits per heavy atom. The molecule has 0 spiro atoms. The van der Waals surface area contributed by atoms with Gasteiger partial charge in [-0.1, -0.05) is 0 Å². The minimum absolute atomic E-state index is 0.0813. The molecule has 1 fully saturated rings. The summed E-state index contributed by atoms with van der Waals surface area (Å²) in [5.41, 5.74) is -0.679. The molecular formula is C12H24N2O2. The average Bonchev–Trinajstić information content (AvgIpc) is 2.63. The number of nitrogens with one attached hydrogen (secondary N) is 2. The van der Waals surface area contributed by atoms with Crippen LogP contribution in [0.25, 0.3) is 0 Å². The van der Waals surface area contributed by atoms with Crippen LogP contribution in [0.2, 0.25) is 0 Å². The van der Waals surface area contributed by atoms with Gasteiger partial charge in [-0.2, -0.15) is 0 Å². The van der Waals surface area contributed by atoms with Crippen LogP contribution in [0.15, 0.2) is 0 Å². The Bertz CT molecular complexity index is 245. The van der Waals surface area contributed by atoms with E-state index in [4.69, 9.17) is 4.74 Å². The SMILES string of the molecule is CCOC(C)(C)CNC(=O)C1(C)CCCN1. The van der Waals surface area contributed by atoms with Gasteiger partial charge in [0.05, 0.1) is 11.1 Å². The lowest BCUT2D eigenvalue weighted by atomic mass is 9.99. The lowest BCUT2D eigenvalue weighted by molar-refractivity contribution is -0.128. The van der Waals surface area contributed by atoms with Crippen molar-refractivity contribution >= 4 is 5.91 Å². The third kappa shape index (κ3) is 3.46. The summed E-state index contributed by atoms with van der Waals surface area (Å²) >= 11 is 0. The first-order valence-electron chi connectivity index (χ1n) is 6.07. The fourth-order valence-electron chi connectivity index (χ4n) is 2.02. The molecule has 0 saturated carbocycles. The van der Waals surface area contributed by atoms with E-state index in [1.54, 1.807) is 0 Å². The molecule has 2 N–H and O–H groups in total. The van der Waals surface area contributed by atoms with Crippen LogP contribution >= 0.6 is 0 Å². The third-order valence-electron chi connectivity index (χ3n) is 3.08. The van der Waals surface area contributed by atoms with Crippen LogP contribution in [-0.4, -0.2) is 36.7 Å². The number of rotatable bonds is 5. The van der Waals surface area contributed by atoms with Crippen molar-refractivity contribution in [1.82, 2.24) is 10.6 Å². The van der Waals surface area contributed by atoms with Crippen molar-refractivity contribution in [3.63, 3.8) is 0 Å². The molecule has 1 aliphatic rings. The molecule has 0 aliphatic carbocycles. The minimum atomic E-state index is -0.387. The summed E-state index contributed by atoms with van der Waals surface area (Å²) in [7, 11) is 0. The first-order valence-corrected chi connectivity index (χ1v) is 6.07. The molecule has 0 bridgehead atoms. The molecule has 94 valence electrons. The van der Waals surface area contributed by atoms with Gasteiger partial charge in [-0.05, 0) is 47.1 Å². The fourth-order valence-corrected chi connectivity index (χ4v) is 2.02. The first kappa shape index (κ1) is 13.5. The third-order valence-corrected chi connectivity index (χ3v) is 3.08. The zero-order chi connectivity index (χ0) is 12.2. The van der Waals surface area contributed by atoms with Crippen molar-refractivity contribution in [3.8, 4) is 0 Å². The highest BCUT2D eigenvalue weighted by atomic mass is 16.5. The molecule has 1 aliphatic heterocycles. The standard InChI is InChI=1S/C12H24N2O2/c1-5-16-11(2,3)9-13-10(15)12(4)7-6-8-14-12/h14H,5-9H2,1-4H3,(H,13,15). The summed E-state index contributed by atoms with van der Waals surface area (Å²) in [6, 6.07) is 0. The Balaban J connectivity index is 2.40. The molecule has 0 radical (unpaired) electrons. The first-order chi connectivity index (χ1) is 7.40. The Morgan fingerprint density at radius 1 is 1.56 bits per heavy atom. The summed E-state index contributed by atoms with van der Waals surface area (Å²) in [5, 5.41) is 6.21. The Hall–Kier alpha value is -0.610. The van der Waals surface area contributed by atoms with Gasteiger partial charge in [0, 0.05) is 13.2 Å². The van der Waals surface area contributed by atoms with Crippen molar-refractivity contribution in [2.24, 2.45) is 0 Å². The van der Waals surface area contributed by atoms with Gasteiger partial charge < -0.3 is 15.4 Å².